The molecule has 0 fully saturated rings. The average molecular weight is 367 g/mol. The maximum atomic E-state index is 13.1. The third-order valence-corrected chi connectivity index (χ3v) is 3.82. The van der Waals surface area contributed by atoms with E-state index in [2.05, 4.69) is 10.3 Å². The Morgan fingerprint density at radius 3 is 2.52 bits per heavy atom. The van der Waals surface area contributed by atoms with Crippen molar-refractivity contribution >= 4 is 34.9 Å². The predicted octanol–water partition coefficient (Wildman–Crippen LogP) is 3.42. The Morgan fingerprint density at radius 1 is 1.28 bits per heavy atom. The van der Waals surface area contributed by atoms with Gasteiger partial charge in [-0.1, -0.05) is 11.6 Å². The van der Waals surface area contributed by atoms with Crippen LogP contribution in [0.2, 0.25) is 5.02 Å². The highest BCUT2D eigenvalue weighted by atomic mass is 35.5. The molecule has 0 saturated heterocycles. The Morgan fingerprint density at radius 2 is 1.96 bits per heavy atom. The first-order valence-electron chi connectivity index (χ1n) is 7.32. The number of ketones is 1. The Hall–Kier alpha value is -2.67. The van der Waals surface area contributed by atoms with Crippen LogP contribution in [0.5, 0.6) is 0 Å². The van der Waals surface area contributed by atoms with Crippen molar-refractivity contribution in [2.45, 2.75) is 20.8 Å². The van der Waals surface area contributed by atoms with E-state index in [0.29, 0.717) is 16.8 Å². The van der Waals surface area contributed by atoms with Crippen molar-refractivity contribution in [1.82, 2.24) is 4.98 Å². The Labute approximate surface area is 148 Å². The zero-order valence-corrected chi connectivity index (χ0v) is 14.6. The number of carbonyl (C=O) groups is 3. The number of aromatic amines is 1. The molecule has 0 saturated carbocycles. The number of aromatic nitrogens is 1. The summed E-state index contributed by atoms with van der Waals surface area (Å²) in [7, 11) is 0. The van der Waals surface area contributed by atoms with Crippen molar-refractivity contribution in [2.75, 3.05) is 11.9 Å². The number of carbonyl (C=O) groups excluding carboxylic acids is 3. The lowest BCUT2D eigenvalue weighted by Gasteiger charge is -2.07. The number of esters is 1. The van der Waals surface area contributed by atoms with Gasteiger partial charge in [0.2, 0.25) is 0 Å². The van der Waals surface area contributed by atoms with Crippen molar-refractivity contribution in [3.8, 4) is 0 Å². The molecule has 0 atom stereocenters. The number of benzene rings is 1. The molecule has 2 aromatic rings. The summed E-state index contributed by atoms with van der Waals surface area (Å²) < 4.78 is 18.0. The molecule has 8 heteroatoms. The summed E-state index contributed by atoms with van der Waals surface area (Å²) in [6.07, 6.45) is 0. The molecule has 1 aromatic heterocycles. The molecule has 1 amide bonds. The highest BCUT2D eigenvalue weighted by Crippen LogP contribution is 2.20. The summed E-state index contributed by atoms with van der Waals surface area (Å²) in [5.41, 5.74) is 1.86. The van der Waals surface area contributed by atoms with Crippen LogP contribution in [0.4, 0.5) is 10.1 Å². The lowest BCUT2D eigenvalue weighted by molar-refractivity contribution is -0.119. The van der Waals surface area contributed by atoms with Crippen molar-refractivity contribution in [3.63, 3.8) is 0 Å². The van der Waals surface area contributed by atoms with E-state index in [9.17, 15) is 18.8 Å². The second kappa shape index (κ2) is 7.48. The van der Waals surface area contributed by atoms with Crippen LogP contribution in [0, 0.1) is 19.7 Å². The molecule has 2 N–H and O–H groups in total. The summed E-state index contributed by atoms with van der Waals surface area (Å²) in [4.78, 5) is 38.3. The predicted molar refractivity (Wildman–Crippen MR) is 90.6 cm³/mol. The number of anilines is 1. The lowest BCUT2D eigenvalue weighted by Crippen LogP contribution is -2.21. The summed E-state index contributed by atoms with van der Waals surface area (Å²) in [6, 6.07) is 3.69. The van der Waals surface area contributed by atoms with Gasteiger partial charge in [-0.2, -0.15) is 0 Å². The van der Waals surface area contributed by atoms with Crippen molar-refractivity contribution in [2.24, 2.45) is 0 Å². The fourth-order valence-electron chi connectivity index (χ4n) is 2.46. The molecule has 0 bridgehead atoms. The minimum Gasteiger partial charge on any atom is -0.451 e. The molecule has 6 nitrogen and oxygen atoms in total. The van der Waals surface area contributed by atoms with Crippen LogP contribution in [0.1, 0.15) is 39.0 Å². The van der Waals surface area contributed by atoms with Crippen LogP contribution >= 0.6 is 11.6 Å². The summed E-state index contributed by atoms with van der Waals surface area (Å²) >= 11 is 5.62. The number of halogens is 2. The monoisotopic (exact) mass is 366 g/mol. The molecule has 132 valence electrons. The summed E-state index contributed by atoms with van der Waals surface area (Å²) in [5, 5.41) is 2.30. The van der Waals surface area contributed by atoms with Crippen LogP contribution in [-0.4, -0.2) is 29.3 Å². The average Bonchev–Trinajstić information content (AvgIpc) is 2.83. The van der Waals surface area contributed by atoms with Crippen LogP contribution in [-0.2, 0) is 9.53 Å². The zero-order chi connectivity index (χ0) is 18.7. The molecule has 0 aliphatic heterocycles. The fourth-order valence-corrected chi connectivity index (χ4v) is 2.64. The first-order chi connectivity index (χ1) is 11.7. The van der Waals surface area contributed by atoms with Gasteiger partial charge < -0.3 is 15.0 Å². The van der Waals surface area contributed by atoms with Gasteiger partial charge in [-0.15, -0.1) is 0 Å². The van der Waals surface area contributed by atoms with Crippen molar-refractivity contribution < 1.29 is 23.5 Å². The van der Waals surface area contributed by atoms with Gasteiger partial charge in [-0.3, -0.25) is 9.59 Å². The topological polar surface area (TPSA) is 88.3 Å². The molecule has 0 aliphatic rings. The van der Waals surface area contributed by atoms with Gasteiger partial charge in [0, 0.05) is 16.9 Å². The van der Waals surface area contributed by atoms with E-state index in [1.165, 1.54) is 19.1 Å². The minimum atomic E-state index is -0.750. The molecular formula is C17H16ClFN2O4. The molecule has 0 spiro atoms. The van der Waals surface area contributed by atoms with E-state index in [4.69, 9.17) is 16.3 Å². The lowest BCUT2D eigenvalue weighted by atomic mass is 10.1. The van der Waals surface area contributed by atoms with Gasteiger partial charge in [-0.05, 0) is 44.5 Å². The highest BCUT2D eigenvalue weighted by Gasteiger charge is 2.21. The summed E-state index contributed by atoms with van der Waals surface area (Å²) in [6.45, 7) is 4.16. The molecule has 0 radical (unpaired) electrons. The third kappa shape index (κ3) is 4.24. The minimum absolute atomic E-state index is 0.125. The molecular weight excluding hydrogens is 351 g/mol. The number of ether oxygens (including phenoxy) is 1. The van der Waals surface area contributed by atoms with Crippen LogP contribution in [0.25, 0.3) is 0 Å². The number of amides is 1. The van der Waals surface area contributed by atoms with E-state index in [-0.39, 0.29) is 22.2 Å². The van der Waals surface area contributed by atoms with E-state index >= 15 is 0 Å². The molecule has 2 rings (SSSR count). The molecule has 1 aromatic carbocycles. The standard InChI is InChI=1S/C17H16ClFN2O4/c1-8-15(10(3)22)9(2)20-16(8)17(24)25-7-14(23)21-11-4-5-13(19)12(18)6-11/h4-6,20H,7H2,1-3H3,(H,21,23). The molecule has 0 aliphatic carbocycles. The smallest absolute Gasteiger partial charge is 0.355 e. The van der Waals surface area contributed by atoms with Gasteiger partial charge in [-0.25, -0.2) is 9.18 Å². The van der Waals surface area contributed by atoms with E-state index in [0.717, 1.165) is 6.07 Å². The van der Waals surface area contributed by atoms with Crippen LogP contribution in [0.15, 0.2) is 18.2 Å². The number of rotatable bonds is 5. The largest absolute Gasteiger partial charge is 0.451 e. The highest BCUT2D eigenvalue weighted by molar-refractivity contribution is 6.31. The SMILES string of the molecule is CC(=O)c1c(C)[nH]c(C(=O)OCC(=O)Nc2ccc(F)c(Cl)c2)c1C. The quantitative estimate of drug-likeness (QED) is 0.627. The normalized spacial score (nSPS) is 10.4. The summed E-state index contributed by atoms with van der Waals surface area (Å²) in [5.74, 6) is -2.13. The Balaban J connectivity index is 2.00. The second-order valence-corrected chi connectivity index (χ2v) is 5.84. The number of nitrogens with one attached hydrogen (secondary N) is 2. The van der Waals surface area contributed by atoms with Crippen molar-refractivity contribution in [1.29, 1.82) is 0 Å². The Bertz CT molecular complexity index is 861. The maximum absolute atomic E-state index is 13.1. The molecule has 0 unspecified atom stereocenters. The van der Waals surface area contributed by atoms with Gasteiger partial charge >= 0.3 is 5.97 Å². The third-order valence-electron chi connectivity index (χ3n) is 3.53. The Kier molecular flexibility index (Phi) is 5.58. The van der Waals surface area contributed by atoms with Crippen molar-refractivity contribution in [3.05, 3.63) is 51.6 Å². The van der Waals surface area contributed by atoms with Crippen LogP contribution < -0.4 is 5.32 Å². The van der Waals surface area contributed by atoms with E-state index < -0.39 is 24.3 Å². The van der Waals surface area contributed by atoms with Crippen LogP contribution in [0.3, 0.4) is 0 Å². The number of Topliss-reactive ketones (excluding diaryl/α,β-unsaturated/α-hetero) is 1. The number of H-pyrrole nitrogens is 1. The van der Waals surface area contributed by atoms with E-state index in [1.807, 2.05) is 0 Å². The number of aryl methyl sites for hydroxylation is 1. The van der Waals surface area contributed by atoms with Gasteiger partial charge in [0.05, 0.1) is 5.02 Å². The number of hydrogen-bond donors (Lipinski definition) is 2. The molecule has 1 heterocycles. The van der Waals surface area contributed by atoms with E-state index in [1.54, 1.807) is 13.8 Å². The maximum Gasteiger partial charge on any atom is 0.355 e. The number of hydrogen-bond acceptors (Lipinski definition) is 4. The zero-order valence-electron chi connectivity index (χ0n) is 13.8. The first-order valence-corrected chi connectivity index (χ1v) is 7.70. The fraction of sp³-hybridized carbons (Fsp3) is 0.235. The van der Waals surface area contributed by atoms with Gasteiger partial charge in [0.25, 0.3) is 5.91 Å². The second-order valence-electron chi connectivity index (χ2n) is 5.43. The van der Waals surface area contributed by atoms with Gasteiger partial charge in [0.15, 0.2) is 12.4 Å². The molecule has 25 heavy (non-hydrogen) atoms. The van der Waals surface area contributed by atoms with Gasteiger partial charge in [0.1, 0.15) is 11.5 Å². The first kappa shape index (κ1) is 18.7.